The second-order valence-corrected chi connectivity index (χ2v) is 9.10. The highest BCUT2D eigenvalue weighted by Crippen LogP contribution is 2.32. The van der Waals surface area contributed by atoms with Crippen LogP contribution in [0.25, 0.3) is 0 Å². The Bertz CT molecular complexity index is 614. The van der Waals surface area contributed by atoms with Crippen molar-refractivity contribution in [2.75, 3.05) is 0 Å². The van der Waals surface area contributed by atoms with E-state index in [0.29, 0.717) is 25.7 Å². The lowest BCUT2D eigenvalue weighted by molar-refractivity contribution is -0.125. The maximum Gasteiger partial charge on any atom is 0.407 e. The van der Waals surface area contributed by atoms with Crippen molar-refractivity contribution in [3.63, 3.8) is 0 Å². The second kappa shape index (κ2) is 7.86. The largest absolute Gasteiger partial charge is 0.444 e. The average Bonchev–Trinajstić information content (AvgIpc) is 2.72. The van der Waals surface area contributed by atoms with E-state index in [9.17, 15) is 19.2 Å². The van der Waals surface area contributed by atoms with Crippen LogP contribution >= 0.6 is 0 Å². The summed E-state index contributed by atoms with van der Waals surface area (Å²) in [4.78, 5) is 46.9. The number of carbonyl (C=O) groups is 4. The normalized spacial score (nSPS) is 23.6. The van der Waals surface area contributed by atoms with Crippen LogP contribution in [0.1, 0.15) is 66.7 Å². The van der Waals surface area contributed by atoms with Gasteiger partial charge in [0.25, 0.3) is 0 Å². The lowest BCUT2D eigenvalue weighted by Gasteiger charge is -2.32. The van der Waals surface area contributed by atoms with Crippen LogP contribution in [-0.4, -0.2) is 47.0 Å². The van der Waals surface area contributed by atoms with Gasteiger partial charge in [-0.1, -0.05) is 0 Å². The maximum atomic E-state index is 12.0. The number of ketones is 2. The SMILES string of the molecule is CC(C)(C)OC(=O)NC1CC(=O)CC1CC(C)(C)OC(=O)NC1CC(=O)C1. The Labute approximate surface area is 159 Å². The van der Waals surface area contributed by atoms with Crippen LogP contribution in [0.5, 0.6) is 0 Å². The van der Waals surface area contributed by atoms with Gasteiger partial charge < -0.3 is 20.1 Å². The number of nitrogens with one attached hydrogen (secondary N) is 2. The lowest BCUT2D eigenvalue weighted by atomic mass is 9.89. The van der Waals surface area contributed by atoms with Gasteiger partial charge in [-0.25, -0.2) is 9.59 Å². The summed E-state index contributed by atoms with van der Waals surface area (Å²) >= 11 is 0. The predicted octanol–water partition coefficient (Wildman–Crippen LogP) is 2.49. The van der Waals surface area contributed by atoms with Gasteiger partial charge in [0, 0.05) is 37.8 Å². The monoisotopic (exact) mass is 382 g/mol. The molecule has 8 nitrogen and oxygen atoms in total. The molecule has 8 heteroatoms. The van der Waals surface area contributed by atoms with E-state index in [1.165, 1.54) is 0 Å². The van der Waals surface area contributed by atoms with Crippen molar-refractivity contribution in [1.29, 1.82) is 0 Å². The summed E-state index contributed by atoms with van der Waals surface area (Å²) in [5.74, 6) is 0.0486. The van der Waals surface area contributed by atoms with Gasteiger partial charge >= 0.3 is 12.2 Å². The Morgan fingerprint density at radius 1 is 0.889 bits per heavy atom. The molecular formula is C19H30N2O6. The van der Waals surface area contributed by atoms with Gasteiger partial charge in [0.2, 0.25) is 0 Å². The first kappa shape index (κ1) is 21.2. The number of hydrogen-bond acceptors (Lipinski definition) is 6. The number of alkyl carbamates (subject to hydrolysis) is 2. The highest BCUT2D eigenvalue weighted by atomic mass is 16.6. The third-order valence-electron chi connectivity index (χ3n) is 4.60. The number of ether oxygens (including phenoxy) is 2. The summed E-state index contributed by atoms with van der Waals surface area (Å²) in [6, 6.07) is -0.502. The summed E-state index contributed by atoms with van der Waals surface area (Å²) in [7, 11) is 0. The summed E-state index contributed by atoms with van der Waals surface area (Å²) in [6.07, 6.45) is 0.554. The van der Waals surface area contributed by atoms with Gasteiger partial charge in [-0.2, -0.15) is 0 Å². The first-order valence-corrected chi connectivity index (χ1v) is 9.35. The van der Waals surface area contributed by atoms with E-state index in [1.54, 1.807) is 34.6 Å². The zero-order valence-electron chi connectivity index (χ0n) is 16.7. The molecule has 27 heavy (non-hydrogen) atoms. The van der Waals surface area contributed by atoms with Crippen LogP contribution in [0.2, 0.25) is 0 Å². The van der Waals surface area contributed by atoms with E-state index < -0.39 is 23.4 Å². The van der Waals surface area contributed by atoms with Crippen LogP contribution in [0.15, 0.2) is 0 Å². The molecule has 2 N–H and O–H groups in total. The smallest absolute Gasteiger partial charge is 0.407 e. The van der Waals surface area contributed by atoms with Crippen LogP contribution in [0.3, 0.4) is 0 Å². The first-order chi connectivity index (χ1) is 12.3. The molecule has 0 bridgehead atoms. The van der Waals surface area contributed by atoms with Crippen LogP contribution < -0.4 is 10.6 Å². The van der Waals surface area contributed by atoms with Crippen molar-refractivity contribution in [2.24, 2.45) is 5.92 Å². The third kappa shape index (κ3) is 6.84. The third-order valence-corrected chi connectivity index (χ3v) is 4.60. The zero-order chi connectivity index (χ0) is 20.4. The highest BCUT2D eigenvalue weighted by molar-refractivity contribution is 5.87. The summed E-state index contributed by atoms with van der Waals surface area (Å²) in [6.45, 7) is 8.86. The molecule has 2 aliphatic carbocycles. The topological polar surface area (TPSA) is 111 Å². The van der Waals surface area contributed by atoms with Gasteiger partial charge in [0.15, 0.2) is 0 Å². The van der Waals surface area contributed by atoms with Crippen molar-refractivity contribution in [3.05, 3.63) is 0 Å². The molecular weight excluding hydrogens is 352 g/mol. The quantitative estimate of drug-likeness (QED) is 0.756. The van der Waals surface area contributed by atoms with Gasteiger partial charge in [0.1, 0.15) is 22.8 Å². The molecule has 0 radical (unpaired) electrons. The standard InChI is InChI=1S/C19H30N2O6/c1-18(2,3)26-17(25)21-15-9-13(22)6-11(15)10-19(4,5)27-16(24)20-12-7-14(23)8-12/h11-12,15H,6-10H2,1-5H3,(H,20,24)(H,21,25). The van der Waals surface area contributed by atoms with E-state index in [1.807, 2.05) is 0 Å². The Hall–Kier alpha value is -2.12. The molecule has 0 spiro atoms. The molecule has 2 rings (SSSR count). The molecule has 2 fully saturated rings. The Kier molecular flexibility index (Phi) is 6.17. The van der Waals surface area contributed by atoms with Crippen LogP contribution in [0, 0.1) is 5.92 Å². The summed E-state index contributed by atoms with van der Waals surface area (Å²) < 4.78 is 10.8. The maximum absolute atomic E-state index is 12.0. The fraction of sp³-hybridized carbons (Fsp3) is 0.789. The fourth-order valence-electron chi connectivity index (χ4n) is 3.48. The number of Topliss-reactive ketones (excluding diaryl/α,β-unsaturated/α-hetero) is 2. The minimum atomic E-state index is -0.818. The molecule has 0 aromatic rings. The first-order valence-electron chi connectivity index (χ1n) is 9.35. The molecule has 152 valence electrons. The Morgan fingerprint density at radius 3 is 2.00 bits per heavy atom. The van der Waals surface area contributed by atoms with Crippen molar-refractivity contribution in [1.82, 2.24) is 10.6 Å². The molecule has 2 saturated carbocycles. The molecule has 0 aliphatic heterocycles. The van der Waals surface area contributed by atoms with Crippen LogP contribution in [-0.2, 0) is 19.1 Å². The molecule has 2 amide bonds. The van der Waals surface area contributed by atoms with E-state index in [-0.39, 0.29) is 36.0 Å². The Balaban J connectivity index is 1.87. The van der Waals surface area contributed by atoms with Crippen molar-refractivity contribution in [2.45, 2.75) is 90.0 Å². The van der Waals surface area contributed by atoms with E-state index in [2.05, 4.69) is 10.6 Å². The van der Waals surface area contributed by atoms with Gasteiger partial charge in [-0.15, -0.1) is 0 Å². The minimum absolute atomic E-state index is 0.0642. The molecule has 0 heterocycles. The van der Waals surface area contributed by atoms with E-state index >= 15 is 0 Å². The van der Waals surface area contributed by atoms with Crippen molar-refractivity contribution >= 4 is 23.8 Å². The van der Waals surface area contributed by atoms with Crippen molar-refractivity contribution in [3.8, 4) is 0 Å². The highest BCUT2D eigenvalue weighted by Gasteiger charge is 2.40. The fourth-order valence-corrected chi connectivity index (χ4v) is 3.48. The molecule has 2 unspecified atom stereocenters. The molecule has 2 aliphatic rings. The van der Waals surface area contributed by atoms with Gasteiger partial charge in [0.05, 0.1) is 0 Å². The minimum Gasteiger partial charge on any atom is -0.444 e. The second-order valence-electron chi connectivity index (χ2n) is 9.10. The Morgan fingerprint density at radius 2 is 1.44 bits per heavy atom. The van der Waals surface area contributed by atoms with Crippen LogP contribution in [0.4, 0.5) is 9.59 Å². The predicted molar refractivity (Wildman–Crippen MR) is 97.2 cm³/mol. The van der Waals surface area contributed by atoms with Gasteiger partial charge in [-0.3, -0.25) is 9.59 Å². The number of amides is 2. The lowest BCUT2D eigenvalue weighted by Crippen LogP contribution is -2.48. The number of carbonyl (C=O) groups excluding carboxylic acids is 4. The average molecular weight is 382 g/mol. The van der Waals surface area contributed by atoms with Gasteiger partial charge in [-0.05, 0) is 47.0 Å². The summed E-state index contributed by atoms with van der Waals surface area (Å²) in [5, 5.41) is 5.44. The molecule has 0 aromatic carbocycles. The number of rotatable bonds is 5. The zero-order valence-corrected chi connectivity index (χ0v) is 16.7. The van der Waals surface area contributed by atoms with Crippen molar-refractivity contribution < 1.29 is 28.7 Å². The van der Waals surface area contributed by atoms with E-state index in [0.717, 1.165) is 0 Å². The molecule has 2 atom stereocenters. The molecule has 0 aromatic heterocycles. The number of hydrogen-bond donors (Lipinski definition) is 2. The van der Waals surface area contributed by atoms with E-state index in [4.69, 9.17) is 9.47 Å². The summed E-state index contributed by atoms with van der Waals surface area (Å²) in [5.41, 5.74) is -1.44. The molecule has 0 saturated heterocycles.